The van der Waals surface area contributed by atoms with Gasteiger partial charge in [-0.15, -0.1) is 0 Å². The number of benzene rings is 4. The van der Waals surface area contributed by atoms with Gasteiger partial charge in [0.05, 0.1) is 9.85 Å². The fourth-order valence-corrected chi connectivity index (χ4v) is 5.38. The predicted molar refractivity (Wildman–Crippen MR) is 168 cm³/mol. The summed E-state index contributed by atoms with van der Waals surface area (Å²) in [5, 5.41) is 28.8. The molecule has 228 valence electrons. The first-order chi connectivity index (χ1) is 21.4. The largest absolute Gasteiger partial charge is 0.457 e. The van der Waals surface area contributed by atoms with Gasteiger partial charge in [0.1, 0.15) is 23.0 Å². The van der Waals surface area contributed by atoms with E-state index >= 15 is 0 Å². The third kappa shape index (κ3) is 9.10. The minimum atomic E-state index is -0.426. The fraction of sp³-hybridized carbons (Fsp3) is 0.294. The Morgan fingerprint density at radius 3 is 1.11 bits per heavy atom. The Labute approximate surface area is 256 Å². The lowest BCUT2D eigenvalue weighted by Gasteiger charge is -2.29. The van der Waals surface area contributed by atoms with E-state index in [9.17, 15) is 20.2 Å². The van der Waals surface area contributed by atoms with Gasteiger partial charge in [0.2, 0.25) is 0 Å². The minimum absolute atomic E-state index is 0.0407. The molecule has 0 atom stereocenters. The van der Waals surface area contributed by atoms with Gasteiger partial charge in [-0.25, -0.2) is 0 Å². The van der Waals surface area contributed by atoms with E-state index in [0.717, 1.165) is 26.2 Å². The van der Waals surface area contributed by atoms with E-state index in [1.165, 1.54) is 61.1 Å². The quantitative estimate of drug-likeness (QED) is 0.112. The molecule has 1 aliphatic carbocycles. The Balaban J connectivity index is 0.943. The van der Waals surface area contributed by atoms with Gasteiger partial charge in [0.25, 0.3) is 11.4 Å². The van der Waals surface area contributed by atoms with Crippen LogP contribution in [0.3, 0.4) is 0 Å². The first kappa shape index (κ1) is 30.7. The lowest BCUT2D eigenvalue weighted by atomic mass is 9.82. The van der Waals surface area contributed by atoms with E-state index in [1.54, 1.807) is 24.3 Å². The molecule has 0 unspecified atom stereocenters. The number of hydrogen-bond donors (Lipinski definition) is 2. The first-order valence-corrected chi connectivity index (χ1v) is 14.9. The molecule has 10 nitrogen and oxygen atoms in total. The number of non-ortho nitro benzene ring substituents is 2. The van der Waals surface area contributed by atoms with Crippen molar-refractivity contribution in [2.75, 3.05) is 13.1 Å². The topological polar surface area (TPSA) is 129 Å². The van der Waals surface area contributed by atoms with Gasteiger partial charge in [0.15, 0.2) is 0 Å². The third-order valence-electron chi connectivity index (χ3n) is 7.90. The average molecular weight is 597 g/mol. The third-order valence-corrected chi connectivity index (χ3v) is 7.90. The van der Waals surface area contributed by atoms with Crippen LogP contribution in [-0.4, -0.2) is 22.9 Å². The van der Waals surface area contributed by atoms with Crippen LogP contribution in [0.2, 0.25) is 0 Å². The lowest BCUT2D eigenvalue weighted by molar-refractivity contribution is -0.385. The van der Waals surface area contributed by atoms with E-state index in [4.69, 9.17) is 9.47 Å². The minimum Gasteiger partial charge on any atom is -0.457 e. The van der Waals surface area contributed by atoms with E-state index in [0.29, 0.717) is 34.8 Å². The van der Waals surface area contributed by atoms with Crippen LogP contribution in [-0.2, 0) is 13.1 Å². The van der Waals surface area contributed by atoms with Crippen LogP contribution in [0.1, 0.15) is 36.8 Å². The number of nitrogens with zero attached hydrogens (tertiary/aromatic N) is 2. The number of hydrogen-bond acceptors (Lipinski definition) is 8. The van der Waals surface area contributed by atoms with Gasteiger partial charge in [0, 0.05) is 37.4 Å². The maximum Gasteiger partial charge on any atom is 0.269 e. The normalized spacial score (nSPS) is 16.3. The summed E-state index contributed by atoms with van der Waals surface area (Å²) in [5.74, 6) is 3.91. The standard InChI is InChI=1S/C34H36N4O6/c39-37(40)29-9-17-33(18-10-29)43-31-13-5-27(6-14-31)23-35-21-25-1-2-26(4-3-25)22-36-24-28-7-15-32(16-8-28)44-34-19-11-30(12-20-34)38(41)42/h5-20,25-26,35-36H,1-4,21-24H2. The van der Waals surface area contributed by atoms with Gasteiger partial charge in [-0.2, -0.15) is 0 Å². The van der Waals surface area contributed by atoms with Crippen molar-refractivity contribution in [1.82, 2.24) is 10.6 Å². The summed E-state index contributed by atoms with van der Waals surface area (Å²) >= 11 is 0. The number of ether oxygens (including phenoxy) is 2. The molecule has 1 saturated carbocycles. The zero-order chi connectivity index (χ0) is 30.7. The van der Waals surface area contributed by atoms with Crippen molar-refractivity contribution in [2.24, 2.45) is 11.8 Å². The van der Waals surface area contributed by atoms with Crippen LogP contribution in [0.5, 0.6) is 23.0 Å². The van der Waals surface area contributed by atoms with Crippen molar-refractivity contribution in [3.8, 4) is 23.0 Å². The van der Waals surface area contributed by atoms with E-state index in [-0.39, 0.29) is 11.4 Å². The first-order valence-electron chi connectivity index (χ1n) is 14.9. The average Bonchev–Trinajstić information content (AvgIpc) is 3.04. The Kier molecular flexibility index (Phi) is 10.5. The second-order valence-electron chi connectivity index (χ2n) is 11.1. The molecule has 0 bridgehead atoms. The molecule has 4 aromatic rings. The molecule has 44 heavy (non-hydrogen) atoms. The smallest absolute Gasteiger partial charge is 0.269 e. The molecule has 5 rings (SSSR count). The van der Waals surface area contributed by atoms with E-state index < -0.39 is 9.85 Å². The molecule has 10 heteroatoms. The summed E-state index contributed by atoms with van der Waals surface area (Å²) in [6.45, 7) is 3.62. The fourth-order valence-electron chi connectivity index (χ4n) is 5.38. The molecule has 1 fully saturated rings. The Morgan fingerprint density at radius 2 is 0.818 bits per heavy atom. The maximum absolute atomic E-state index is 10.8. The number of nitrogens with one attached hydrogen (secondary N) is 2. The number of nitro benzene ring substituents is 2. The molecule has 2 N–H and O–H groups in total. The van der Waals surface area contributed by atoms with Gasteiger partial charge >= 0.3 is 0 Å². The van der Waals surface area contributed by atoms with Crippen LogP contribution in [0.15, 0.2) is 97.1 Å². The molecular formula is C34H36N4O6. The second-order valence-corrected chi connectivity index (χ2v) is 11.1. The summed E-state index contributed by atoms with van der Waals surface area (Å²) in [6, 6.07) is 27.9. The second kappa shape index (κ2) is 15.1. The van der Waals surface area contributed by atoms with Crippen LogP contribution in [0, 0.1) is 32.1 Å². The van der Waals surface area contributed by atoms with Crippen LogP contribution >= 0.6 is 0 Å². The zero-order valence-corrected chi connectivity index (χ0v) is 24.4. The highest BCUT2D eigenvalue weighted by Crippen LogP contribution is 2.29. The van der Waals surface area contributed by atoms with Crippen molar-refractivity contribution >= 4 is 11.4 Å². The molecule has 0 saturated heterocycles. The zero-order valence-electron chi connectivity index (χ0n) is 24.4. The molecule has 0 amide bonds. The van der Waals surface area contributed by atoms with Crippen molar-refractivity contribution in [3.05, 3.63) is 128 Å². The van der Waals surface area contributed by atoms with E-state index in [1.807, 2.05) is 48.5 Å². The van der Waals surface area contributed by atoms with Gasteiger partial charge in [-0.05, 0) is 110 Å². The summed E-state index contributed by atoms with van der Waals surface area (Å²) in [5.41, 5.74) is 2.45. The van der Waals surface area contributed by atoms with Gasteiger partial charge in [-0.3, -0.25) is 20.2 Å². The molecule has 0 aliphatic heterocycles. The highest BCUT2D eigenvalue weighted by atomic mass is 16.6. The molecule has 0 heterocycles. The monoisotopic (exact) mass is 596 g/mol. The number of rotatable bonds is 14. The lowest BCUT2D eigenvalue weighted by Crippen LogP contribution is -2.30. The summed E-state index contributed by atoms with van der Waals surface area (Å²) in [7, 11) is 0. The molecule has 0 aromatic heterocycles. The van der Waals surface area contributed by atoms with Crippen molar-refractivity contribution in [2.45, 2.75) is 38.8 Å². The maximum atomic E-state index is 10.8. The molecular weight excluding hydrogens is 560 g/mol. The molecule has 0 spiro atoms. The molecule has 4 aromatic carbocycles. The van der Waals surface area contributed by atoms with Crippen molar-refractivity contribution in [3.63, 3.8) is 0 Å². The highest BCUT2D eigenvalue weighted by molar-refractivity contribution is 5.40. The van der Waals surface area contributed by atoms with Crippen molar-refractivity contribution < 1.29 is 19.3 Å². The Bertz CT molecular complexity index is 1380. The van der Waals surface area contributed by atoms with Crippen LogP contribution in [0.4, 0.5) is 11.4 Å². The Hall–Kier alpha value is -4.80. The predicted octanol–water partition coefficient (Wildman–Crippen LogP) is 7.77. The number of nitro groups is 2. The molecule has 1 aliphatic rings. The highest BCUT2D eigenvalue weighted by Gasteiger charge is 2.20. The Morgan fingerprint density at radius 1 is 0.523 bits per heavy atom. The summed E-state index contributed by atoms with van der Waals surface area (Å²) in [4.78, 5) is 20.7. The molecule has 0 radical (unpaired) electrons. The van der Waals surface area contributed by atoms with Crippen LogP contribution in [0.25, 0.3) is 0 Å². The summed E-state index contributed by atoms with van der Waals surface area (Å²) < 4.78 is 11.6. The van der Waals surface area contributed by atoms with Gasteiger partial charge < -0.3 is 20.1 Å². The van der Waals surface area contributed by atoms with E-state index in [2.05, 4.69) is 10.6 Å². The van der Waals surface area contributed by atoms with Gasteiger partial charge in [-0.1, -0.05) is 24.3 Å². The van der Waals surface area contributed by atoms with Crippen molar-refractivity contribution in [1.29, 1.82) is 0 Å². The SMILES string of the molecule is O=[N+]([O-])c1ccc(Oc2ccc(CNCC3CCC(CNCc4ccc(Oc5ccc([N+](=O)[O-])cc5)cc4)CC3)cc2)cc1. The summed E-state index contributed by atoms with van der Waals surface area (Å²) in [6.07, 6.45) is 4.93. The van der Waals surface area contributed by atoms with Crippen LogP contribution < -0.4 is 20.1 Å².